The summed E-state index contributed by atoms with van der Waals surface area (Å²) in [5.41, 5.74) is -1.34. The van der Waals surface area contributed by atoms with Gasteiger partial charge in [0, 0.05) is 37.5 Å². The standard InChI is InChI=1S/C32H49FN4O6/c1-6-12-31(3,13-9-14-33)23-34(5)15-8-10-26-29(41)36(22-28(40)35-16-19-43-20-17-35)32(4,25-21-24(25)7-2)37(26)30(42)27(39)11-18-38/h6,9-12,14,24-25,38-39H,7-8,13,15-23H2,1-5H3/b12-6+,14-9+,26-10+,27-11-. The van der Waals surface area contributed by atoms with Gasteiger partial charge in [0.25, 0.3) is 11.8 Å². The molecule has 0 aromatic rings. The Kier molecular flexibility index (Phi) is 12.1. The molecule has 0 aromatic heterocycles. The number of rotatable bonds is 14. The predicted octanol–water partition coefficient (Wildman–Crippen LogP) is 3.37. The van der Waals surface area contributed by atoms with Crippen molar-refractivity contribution in [2.75, 3.05) is 59.6 Å². The molecule has 2 heterocycles. The number of aliphatic hydroxyl groups is 2. The molecule has 11 heteroatoms. The van der Waals surface area contributed by atoms with Crippen molar-refractivity contribution in [2.24, 2.45) is 17.3 Å². The summed E-state index contributed by atoms with van der Waals surface area (Å²) in [7, 11) is 1.95. The number of allylic oxidation sites excluding steroid dienone is 2. The predicted molar refractivity (Wildman–Crippen MR) is 162 cm³/mol. The van der Waals surface area contributed by atoms with Crippen molar-refractivity contribution in [3.63, 3.8) is 0 Å². The first-order valence-electron chi connectivity index (χ1n) is 15.3. The summed E-state index contributed by atoms with van der Waals surface area (Å²) in [4.78, 5) is 47.8. The number of hydrogen-bond donors (Lipinski definition) is 2. The molecule has 3 fully saturated rings. The van der Waals surface area contributed by atoms with E-state index in [0.717, 1.165) is 18.9 Å². The maximum atomic E-state index is 14.1. The van der Waals surface area contributed by atoms with Crippen molar-refractivity contribution < 1.29 is 33.7 Å². The van der Waals surface area contributed by atoms with Gasteiger partial charge in [-0.05, 0) is 52.2 Å². The number of hydrogen-bond acceptors (Lipinski definition) is 7. The van der Waals surface area contributed by atoms with Crippen LogP contribution in [0.5, 0.6) is 0 Å². The van der Waals surface area contributed by atoms with Crippen molar-refractivity contribution in [3.8, 4) is 0 Å². The molecule has 240 valence electrons. The molecule has 2 N–H and O–H groups in total. The molecule has 2 saturated heterocycles. The molecule has 1 saturated carbocycles. The number of carbonyl (C=O) groups is 3. The van der Waals surface area contributed by atoms with E-state index in [4.69, 9.17) is 4.74 Å². The third-order valence-corrected chi connectivity index (χ3v) is 8.94. The van der Waals surface area contributed by atoms with Gasteiger partial charge in [-0.2, -0.15) is 0 Å². The monoisotopic (exact) mass is 604 g/mol. The van der Waals surface area contributed by atoms with Crippen molar-refractivity contribution in [1.82, 2.24) is 19.6 Å². The highest BCUT2D eigenvalue weighted by atomic mass is 19.1. The largest absolute Gasteiger partial charge is 0.503 e. The summed E-state index contributed by atoms with van der Waals surface area (Å²) in [6.07, 6.45) is 11.4. The zero-order valence-corrected chi connectivity index (χ0v) is 26.3. The van der Waals surface area contributed by atoms with Crippen molar-refractivity contribution in [3.05, 3.63) is 48.2 Å². The molecule has 0 radical (unpaired) electrons. The first-order valence-corrected chi connectivity index (χ1v) is 15.3. The van der Waals surface area contributed by atoms with Crippen LogP contribution in [-0.4, -0.2) is 113 Å². The fourth-order valence-electron chi connectivity index (χ4n) is 6.62. The summed E-state index contributed by atoms with van der Waals surface area (Å²) >= 11 is 0. The molecule has 1 aliphatic carbocycles. The highest BCUT2D eigenvalue weighted by Crippen LogP contribution is 2.55. The SMILES string of the molecule is C/C=C/C(C)(C/C=C/F)CN(C)CC/C=C1\C(=O)N(CC(=O)N2CCOCC2)C(C)(C2CC2CC)N1C(=O)/C(O)=C/CO. The fourth-order valence-corrected chi connectivity index (χ4v) is 6.62. The van der Waals surface area contributed by atoms with Gasteiger partial charge in [0.05, 0.1) is 26.2 Å². The number of halogens is 1. The van der Waals surface area contributed by atoms with E-state index in [1.54, 1.807) is 17.9 Å². The molecule has 0 bridgehead atoms. The fraction of sp³-hybridized carbons (Fsp3) is 0.656. The normalized spacial score (nSPS) is 27.3. The van der Waals surface area contributed by atoms with Crippen LogP contribution in [0.4, 0.5) is 4.39 Å². The second kappa shape index (κ2) is 15.1. The Balaban J connectivity index is 1.94. The van der Waals surface area contributed by atoms with E-state index < -0.39 is 29.8 Å². The maximum Gasteiger partial charge on any atom is 0.294 e. The molecular formula is C32H49FN4O6. The van der Waals surface area contributed by atoms with Crippen LogP contribution in [0.25, 0.3) is 0 Å². The van der Waals surface area contributed by atoms with Gasteiger partial charge < -0.3 is 29.6 Å². The highest BCUT2D eigenvalue weighted by molar-refractivity contribution is 6.06. The number of nitrogens with zero attached hydrogens (tertiary/aromatic N) is 4. The summed E-state index contributed by atoms with van der Waals surface area (Å²) < 4.78 is 18.1. The quantitative estimate of drug-likeness (QED) is 0.178. The number of amides is 3. The minimum Gasteiger partial charge on any atom is -0.503 e. The van der Waals surface area contributed by atoms with Crippen LogP contribution in [0.2, 0.25) is 0 Å². The zero-order valence-electron chi connectivity index (χ0n) is 26.3. The minimum absolute atomic E-state index is 0.0801. The lowest BCUT2D eigenvalue weighted by atomic mass is 9.85. The van der Waals surface area contributed by atoms with Crippen LogP contribution in [0.15, 0.2) is 48.2 Å². The Morgan fingerprint density at radius 1 is 1.28 bits per heavy atom. The molecule has 3 rings (SSSR count). The minimum atomic E-state index is -1.17. The average molecular weight is 605 g/mol. The molecule has 4 atom stereocenters. The average Bonchev–Trinajstić information content (AvgIpc) is 3.75. The van der Waals surface area contributed by atoms with Crippen LogP contribution in [0.3, 0.4) is 0 Å². The topological polar surface area (TPSA) is 114 Å². The Hall–Kier alpha value is -3.02. The van der Waals surface area contributed by atoms with Crippen molar-refractivity contribution >= 4 is 17.7 Å². The van der Waals surface area contributed by atoms with Gasteiger partial charge in [0.15, 0.2) is 5.76 Å². The molecule has 4 unspecified atom stereocenters. The van der Waals surface area contributed by atoms with Gasteiger partial charge in [-0.1, -0.05) is 44.6 Å². The maximum absolute atomic E-state index is 14.1. The lowest BCUT2D eigenvalue weighted by Gasteiger charge is -2.41. The lowest BCUT2D eigenvalue weighted by Crippen LogP contribution is -2.58. The van der Waals surface area contributed by atoms with Gasteiger partial charge >= 0.3 is 0 Å². The highest BCUT2D eigenvalue weighted by Gasteiger charge is 2.64. The molecular weight excluding hydrogens is 555 g/mol. The van der Waals surface area contributed by atoms with E-state index in [9.17, 15) is 29.0 Å². The molecule has 43 heavy (non-hydrogen) atoms. The Morgan fingerprint density at radius 3 is 2.56 bits per heavy atom. The van der Waals surface area contributed by atoms with Crippen LogP contribution >= 0.6 is 0 Å². The van der Waals surface area contributed by atoms with E-state index in [0.29, 0.717) is 58.6 Å². The smallest absolute Gasteiger partial charge is 0.294 e. The second-order valence-corrected chi connectivity index (χ2v) is 12.2. The van der Waals surface area contributed by atoms with Gasteiger partial charge in [0.2, 0.25) is 5.91 Å². The summed E-state index contributed by atoms with van der Waals surface area (Å²) in [5, 5.41) is 20.0. The Morgan fingerprint density at radius 2 is 1.98 bits per heavy atom. The molecule has 3 amide bonds. The number of morpholine rings is 1. The third kappa shape index (κ3) is 7.93. The van der Waals surface area contributed by atoms with E-state index >= 15 is 0 Å². The molecule has 2 aliphatic heterocycles. The number of aliphatic hydroxyl groups excluding tert-OH is 2. The number of carbonyl (C=O) groups excluding carboxylic acids is 3. The van der Waals surface area contributed by atoms with Gasteiger partial charge in [-0.3, -0.25) is 19.3 Å². The second-order valence-electron chi connectivity index (χ2n) is 12.2. The molecule has 0 spiro atoms. The zero-order chi connectivity index (χ0) is 31.8. The molecule has 3 aliphatic rings. The van der Waals surface area contributed by atoms with Gasteiger partial charge in [-0.15, -0.1) is 0 Å². The van der Waals surface area contributed by atoms with Crippen molar-refractivity contribution in [2.45, 2.75) is 59.0 Å². The van der Waals surface area contributed by atoms with E-state index in [1.807, 2.05) is 33.0 Å². The van der Waals surface area contributed by atoms with E-state index in [-0.39, 0.29) is 35.4 Å². The van der Waals surface area contributed by atoms with Gasteiger partial charge in [0.1, 0.15) is 17.9 Å². The summed E-state index contributed by atoms with van der Waals surface area (Å²) in [5.74, 6) is -1.92. The third-order valence-electron chi connectivity index (χ3n) is 8.94. The van der Waals surface area contributed by atoms with Crippen LogP contribution in [0.1, 0.15) is 53.4 Å². The molecule has 10 nitrogen and oxygen atoms in total. The first-order chi connectivity index (χ1) is 20.5. The molecule has 0 aromatic carbocycles. The van der Waals surface area contributed by atoms with Crippen LogP contribution in [0, 0.1) is 17.3 Å². The van der Waals surface area contributed by atoms with E-state index in [1.165, 1.54) is 15.9 Å². The summed E-state index contributed by atoms with van der Waals surface area (Å²) in [6, 6.07) is 0. The van der Waals surface area contributed by atoms with Crippen LogP contribution < -0.4 is 0 Å². The Labute approximate surface area is 255 Å². The van der Waals surface area contributed by atoms with Gasteiger partial charge in [-0.25, -0.2) is 4.39 Å². The number of ether oxygens (including phenoxy) is 1. The van der Waals surface area contributed by atoms with Crippen LogP contribution in [-0.2, 0) is 19.1 Å². The Bertz CT molecular complexity index is 1130. The first kappa shape index (κ1) is 34.5. The lowest BCUT2D eigenvalue weighted by molar-refractivity contribution is -0.148. The summed E-state index contributed by atoms with van der Waals surface area (Å²) in [6.45, 7) is 10.0. The van der Waals surface area contributed by atoms with E-state index in [2.05, 4.69) is 11.8 Å². The van der Waals surface area contributed by atoms with Crippen molar-refractivity contribution in [1.29, 1.82) is 0 Å².